The minimum atomic E-state index is -0.497. The van der Waals surface area contributed by atoms with Crippen LogP contribution in [0.15, 0.2) is 30.5 Å². The second kappa shape index (κ2) is 5.85. The zero-order valence-electron chi connectivity index (χ0n) is 12.6. The van der Waals surface area contributed by atoms with Gasteiger partial charge in [-0.1, -0.05) is 0 Å². The Kier molecular flexibility index (Phi) is 3.90. The molecule has 0 radical (unpaired) electrons. The Morgan fingerprint density at radius 2 is 1.95 bits per heavy atom. The molecule has 1 aliphatic rings. The summed E-state index contributed by atoms with van der Waals surface area (Å²) in [6.45, 7) is 5.15. The molecule has 2 heterocycles. The van der Waals surface area contributed by atoms with E-state index in [-0.39, 0.29) is 12.5 Å². The Balaban J connectivity index is 2.03. The van der Waals surface area contributed by atoms with Gasteiger partial charge in [-0.15, -0.1) is 0 Å². The van der Waals surface area contributed by atoms with Crippen molar-refractivity contribution in [2.45, 2.75) is 13.8 Å². The molecule has 22 heavy (non-hydrogen) atoms. The van der Waals surface area contributed by atoms with Crippen molar-refractivity contribution in [2.75, 3.05) is 24.7 Å². The molecule has 0 atom stereocenters. The van der Waals surface area contributed by atoms with E-state index in [0.29, 0.717) is 13.2 Å². The number of aromatic nitrogens is 1. The van der Waals surface area contributed by atoms with Crippen LogP contribution in [0.25, 0.3) is 11.1 Å². The lowest BCUT2D eigenvalue weighted by molar-refractivity contribution is -0.125. The second-order valence-electron chi connectivity index (χ2n) is 5.42. The monoisotopic (exact) mass is 300 g/mol. The summed E-state index contributed by atoms with van der Waals surface area (Å²) < 4.78 is 18.5. The van der Waals surface area contributed by atoms with Crippen molar-refractivity contribution in [1.82, 2.24) is 4.98 Å². The van der Waals surface area contributed by atoms with Crippen molar-refractivity contribution in [3.8, 4) is 11.1 Å². The van der Waals surface area contributed by atoms with E-state index in [1.807, 2.05) is 26.0 Å². The lowest BCUT2D eigenvalue weighted by Crippen LogP contribution is -2.41. The number of ether oxygens (including phenoxy) is 1. The first kappa shape index (κ1) is 14.7. The highest BCUT2D eigenvalue weighted by Crippen LogP contribution is 2.31. The Hall–Kier alpha value is -2.27. The van der Waals surface area contributed by atoms with Gasteiger partial charge in [0, 0.05) is 24.5 Å². The van der Waals surface area contributed by atoms with Crippen molar-refractivity contribution < 1.29 is 13.9 Å². The number of amides is 1. The molecule has 4 nitrogen and oxygen atoms in total. The molecule has 0 unspecified atom stereocenters. The maximum atomic E-state index is 13.4. The van der Waals surface area contributed by atoms with Crippen LogP contribution in [0.5, 0.6) is 0 Å². The summed E-state index contributed by atoms with van der Waals surface area (Å²) in [4.78, 5) is 17.3. The van der Waals surface area contributed by atoms with Gasteiger partial charge in [-0.3, -0.25) is 4.79 Å². The number of hydrogen-bond donors (Lipinski definition) is 0. The smallest absolute Gasteiger partial charge is 0.253 e. The van der Waals surface area contributed by atoms with Crippen LogP contribution in [-0.4, -0.2) is 30.6 Å². The number of rotatable bonds is 2. The average molecular weight is 300 g/mol. The summed E-state index contributed by atoms with van der Waals surface area (Å²) in [5, 5.41) is 0. The number of benzene rings is 1. The van der Waals surface area contributed by atoms with Crippen LogP contribution < -0.4 is 4.90 Å². The molecule has 0 spiro atoms. The summed E-state index contributed by atoms with van der Waals surface area (Å²) >= 11 is 0. The SMILES string of the molecule is Cc1cc(N2CCOCC2=O)cc(C)c1-c1ccnc(F)c1. The molecule has 2 aromatic rings. The number of carbonyl (C=O) groups excluding carboxylic acids is 1. The fraction of sp³-hybridized carbons (Fsp3) is 0.294. The maximum absolute atomic E-state index is 13.4. The number of anilines is 1. The van der Waals surface area contributed by atoms with Crippen LogP contribution in [0.2, 0.25) is 0 Å². The summed E-state index contributed by atoms with van der Waals surface area (Å²) in [7, 11) is 0. The summed E-state index contributed by atoms with van der Waals surface area (Å²) in [5.41, 5.74) is 4.63. The van der Waals surface area contributed by atoms with E-state index >= 15 is 0 Å². The Morgan fingerprint density at radius 3 is 2.59 bits per heavy atom. The minimum Gasteiger partial charge on any atom is -0.370 e. The van der Waals surface area contributed by atoms with Crippen molar-refractivity contribution in [2.24, 2.45) is 0 Å². The van der Waals surface area contributed by atoms with Crippen LogP contribution in [0.4, 0.5) is 10.1 Å². The average Bonchev–Trinajstić information content (AvgIpc) is 2.47. The van der Waals surface area contributed by atoms with E-state index in [9.17, 15) is 9.18 Å². The number of halogens is 1. The second-order valence-corrected chi connectivity index (χ2v) is 5.42. The van der Waals surface area contributed by atoms with Gasteiger partial charge in [0.25, 0.3) is 5.91 Å². The van der Waals surface area contributed by atoms with Crippen molar-refractivity contribution in [1.29, 1.82) is 0 Å². The molecule has 0 N–H and O–H groups in total. The molecular weight excluding hydrogens is 283 g/mol. The van der Waals surface area contributed by atoms with Gasteiger partial charge in [0.1, 0.15) is 6.61 Å². The highest BCUT2D eigenvalue weighted by atomic mass is 19.1. The van der Waals surface area contributed by atoms with Gasteiger partial charge in [0.05, 0.1) is 6.61 Å². The fourth-order valence-corrected chi connectivity index (χ4v) is 2.90. The van der Waals surface area contributed by atoms with Gasteiger partial charge in [0.15, 0.2) is 0 Å². The third-order valence-electron chi connectivity index (χ3n) is 3.83. The summed E-state index contributed by atoms with van der Waals surface area (Å²) in [6.07, 6.45) is 1.46. The predicted octanol–water partition coefficient (Wildman–Crippen LogP) is 2.87. The molecular formula is C17H17FN2O2. The number of nitrogens with zero attached hydrogens (tertiary/aromatic N) is 2. The predicted molar refractivity (Wildman–Crippen MR) is 82.3 cm³/mol. The van der Waals surface area contributed by atoms with Crippen molar-refractivity contribution in [3.63, 3.8) is 0 Å². The highest BCUT2D eigenvalue weighted by Gasteiger charge is 2.21. The zero-order valence-corrected chi connectivity index (χ0v) is 12.6. The van der Waals surface area contributed by atoms with Gasteiger partial charge in [0.2, 0.25) is 5.95 Å². The molecule has 1 aromatic heterocycles. The Labute approximate surface area is 128 Å². The van der Waals surface area contributed by atoms with Gasteiger partial charge < -0.3 is 9.64 Å². The quantitative estimate of drug-likeness (QED) is 0.801. The number of pyridine rings is 1. The third kappa shape index (κ3) is 2.72. The Bertz CT molecular complexity index is 707. The van der Waals surface area contributed by atoms with Crippen molar-refractivity contribution >= 4 is 11.6 Å². The van der Waals surface area contributed by atoms with E-state index in [4.69, 9.17) is 4.74 Å². The number of carbonyl (C=O) groups is 1. The molecule has 1 aromatic carbocycles. The minimum absolute atomic E-state index is 0.0345. The molecule has 1 aliphatic heterocycles. The molecule has 114 valence electrons. The molecule has 1 fully saturated rings. The Morgan fingerprint density at radius 1 is 1.23 bits per heavy atom. The van der Waals surface area contributed by atoms with Crippen molar-refractivity contribution in [3.05, 3.63) is 47.5 Å². The van der Waals surface area contributed by atoms with Gasteiger partial charge in [-0.05, 0) is 54.3 Å². The lowest BCUT2D eigenvalue weighted by Gasteiger charge is -2.28. The first-order chi connectivity index (χ1) is 10.6. The number of morpholine rings is 1. The number of aryl methyl sites for hydroxylation is 2. The number of hydrogen-bond acceptors (Lipinski definition) is 3. The van der Waals surface area contributed by atoms with Crippen LogP contribution in [-0.2, 0) is 9.53 Å². The maximum Gasteiger partial charge on any atom is 0.253 e. The lowest BCUT2D eigenvalue weighted by atomic mass is 9.95. The van der Waals surface area contributed by atoms with Gasteiger partial charge >= 0.3 is 0 Å². The van der Waals surface area contributed by atoms with E-state index in [2.05, 4.69) is 4.98 Å². The van der Waals surface area contributed by atoms with E-state index in [1.165, 1.54) is 12.3 Å². The van der Waals surface area contributed by atoms with E-state index in [0.717, 1.165) is 27.9 Å². The van der Waals surface area contributed by atoms with E-state index < -0.39 is 5.95 Å². The fourth-order valence-electron chi connectivity index (χ4n) is 2.90. The topological polar surface area (TPSA) is 42.4 Å². The normalized spacial score (nSPS) is 15.2. The first-order valence-corrected chi connectivity index (χ1v) is 7.17. The molecule has 3 rings (SSSR count). The molecule has 1 saturated heterocycles. The molecule has 0 bridgehead atoms. The molecule has 1 amide bonds. The molecule has 0 aliphatic carbocycles. The molecule has 5 heteroatoms. The summed E-state index contributed by atoms with van der Waals surface area (Å²) in [5.74, 6) is -0.531. The largest absolute Gasteiger partial charge is 0.370 e. The highest BCUT2D eigenvalue weighted by molar-refractivity contribution is 5.95. The van der Waals surface area contributed by atoms with Gasteiger partial charge in [-0.2, -0.15) is 4.39 Å². The third-order valence-corrected chi connectivity index (χ3v) is 3.83. The summed E-state index contributed by atoms with van der Waals surface area (Å²) in [6, 6.07) is 7.14. The zero-order chi connectivity index (χ0) is 15.7. The van der Waals surface area contributed by atoms with Gasteiger partial charge in [-0.25, -0.2) is 4.98 Å². The van der Waals surface area contributed by atoms with Crippen LogP contribution in [0.3, 0.4) is 0 Å². The van der Waals surface area contributed by atoms with Crippen LogP contribution >= 0.6 is 0 Å². The standard InChI is InChI=1S/C17H17FN2O2/c1-11-7-14(20-5-6-22-10-16(20)21)8-12(2)17(11)13-3-4-19-15(18)9-13/h3-4,7-9H,5-6,10H2,1-2H3. The first-order valence-electron chi connectivity index (χ1n) is 7.17. The van der Waals surface area contributed by atoms with Crippen LogP contribution in [0.1, 0.15) is 11.1 Å². The van der Waals surface area contributed by atoms with E-state index in [1.54, 1.807) is 11.0 Å². The van der Waals surface area contributed by atoms with Crippen LogP contribution in [0, 0.1) is 19.8 Å². The molecule has 0 saturated carbocycles.